The van der Waals surface area contributed by atoms with Crippen molar-refractivity contribution in [3.8, 4) is 0 Å². The van der Waals surface area contributed by atoms with Gasteiger partial charge in [-0.05, 0) is 12.8 Å². The highest BCUT2D eigenvalue weighted by Crippen LogP contribution is 2.26. The number of rotatable bonds is 2. The molecule has 3 N–H and O–H groups in total. The zero-order valence-electron chi connectivity index (χ0n) is 9.03. The van der Waals surface area contributed by atoms with Gasteiger partial charge in [0.2, 0.25) is 0 Å². The number of nitrogens with two attached hydrogens (primary N) is 1. The average Bonchev–Trinajstić information content (AvgIpc) is 2.89. The van der Waals surface area contributed by atoms with Crippen LogP contribution in [0, 0.1) is 5.92 Å². The summed E-state index contributed by atoms with van der Waals surface area (Å²) in [6, 6.07) is 0. The number of hydrogen-bond donors (Lipinski definition) is 2. The first-order valence-corrected chi connectivity index (χ1v) is 5.05. The fourth-order valence-corrected chi connectivity index (χ4v) is 0.389. The molecule has 1 saturated carbocycles. The van der Waals surface area contributed by atoms with Crippen LogP contribution in [0.25, 0.3) is 0 Å². The molecule has 0 amide bonds. The van der Waals surface area contributed by atoms with Gasteiger partial charge in [-0.1, -0.05) is 19.8 Å². The fraction of sp³-hybridized carbons (Fsp3) is 0.778. The van der Waals surface area contributed by atoms with Gasteiger partial charge in [0.1, 0.15) is 0 Å². The van der Waals surface area contributed by atoms with Crippen LogP contribution in [-0.4, -0.2) is 29.7 Å². The van der Waals surface area contributed by atoms with Crippen LogP contribution in [0.4, 0.5) is 4.79 Å². The molecule has 0 aliphatic heterocycles. The molecule has 90 valence electrons. The highest BCUT2D eigenvalue weighted by molar-refractivity contribution is 6.61. The topological polar surface area (TPSA) is 89.6 Å². The summed E-state index contributed by atoms with van der Waals surface area (Å²) < 4.78 is 4.17. The van der Waals surface area contributed by atoms with Crippen LogP contribution >= 0.6 is 11.6 Å². The van der Waals surface area contributed by atoms with E-state index in [1.807, 2.05) is 0 Å². The van der Waals surface area contributed by atoms with Crippen LogP contribution in [0.15, 0.2) is 0 Å². The van der Waals surface area contributed by atoms with Crippen molar-refractivity contribution < 1.29 is 19.4 Å². The number of halogens is 1. The maximum atomic E-state index is 9.59. The van der Waals surface area contributed by atoms with E-state index in [0.29, 0.717) is 6.61 Å². The summed E-state index contributed by atoms with van der Waals surface area (Å²) in [5.74, 6) is 0.116. The van der Waals surface area contributed by atoms with Crippen LogP contribution in [0.2, 0.25) is 0 Å². The highest BCUT2D eigenvalue weighted by Gasteiger charge is 2.12. The van der Waals surface area contributed by atoms with Crippen LogP contribution in [0.5, 0.6) is 0 Å². The quantitative estimate of drug-likeness (QED) is 0.718. The highest BCUT2D eigenvalue weighted by atomic mass is 35.5. The second-order valence-corrected chi connectivity index (χ2v) is 3.26. The van der Waals surface area contributed by atoms with E-state index in [-0.39, 0.29) is 6.54 Å². The molecule has 0 bridgehead atoms. The van der Waals surface area contributed by atoms with Gasteiger partial charge in [-0.25, -0.2) is 4.79 Å². The lowest BCUT2D eigenvalue weighted by Crippen LogP contribution is -2.10. The SMILES string of the molecule is CC1CC1.CCOC(=O)Cl.NCC(=O)O. The van der Waals surface area contributed by atoms with E-state index in [1.54, 1.807) is 6.92 Å². The summed E-state index contributed by atoms with van der Waals surface area (Å²) in [6.07, 6.45) is 2.97. The Morgan fingerprint density at radius 1 is 1.53 bits per heavy atom. The Kier molecular flexibility index (Phi) is 12.5. The summed E-state index contributed by atoms with van der Waals surface area (Å²) in [5, 5.41) is 7.60. The van der Waals surface area contributed by atoms with Gasteiger partial charge in [-0.3, -0.25) is 4.79 Å². The van der Waals surface area contributed by atoms with E-state index in [9.17, 15) is 9.59 Å². The molecule has 1 aliphatic rings. The third-order valence-electron chi connectivity index (χ3n) is 1.30. The molecular weight excluding hydrogens is 222 g/mol. The van der Waals surface area contributed by atoms with Crippen molar-refractivity contribution in [2.24, 2.45) is 11.7 Å². The molecule has 5 nitrogen and oxygen atoms in total. The summed E-state index contributed by atoms with van der Waals surface area (Å²) in [4.78, 5) is 18.8. The van der Waals surface area contributed by atoms with Crippen molar-refractivity contribution in [2.75, 3.05) is 13.2 Å². The number of aliphatic carboxylic acids is 1. The molecule has 0 saturated heterocycles. The van der Waals surface area contributed by atoms with Crippen molar-refractivity contribution in [3.05, 3.63) is 0 Å². The molecular formula is C9H18ClNO4. The third kappa shape index (κ3) is 31.9. The van der Waals surface area contributed by atoms with Gasteiger partial charge >= 0.3 is 11.4 Å². The Morgan fingerprint density at radius 2 is 1.87 bits per heavy atom. The summed E-state index contributed by atoms with van der Waals surface area (Å²) in [7, 11) is 0. The third-order valence-corrected chi connectivity index (χ3v) is 1.41. The Hall–Kier alpha value is -0.810. The normalized spacial score (nSPS) is 12.5. The minimum absolute atomic E-state index is 0.278. The average molecular weight is 240 g/mol. The van der Waals surface area contributed by atoms with Crippen molar-refractivity contribution in [2.45, 2.75) is 26.7 Å². The van der Waals surface area contributed by atoms with Gasteiger partial charge in [0, 0.05) is 11.6 Å². The number of ether oxygens (including phenoxy) is 1. The first-order chi connectivity index (χ1) is 6.93. The molecule has 0 heterocycles. The zero-order chi connectivity index (χ0) is 12.3. The predicted molar refractivity (Wildman–Crippen MR) is 58.0 cm³/mol. The lowest BCUT2D eigenvalue weighted by atomic mass is 10.5. The first kappa shape index (κ1) is 16.6. The van der Waals surface area contributed by atoms with Crippen molar-refractivity contribution in [1.82, 2.24) is 0 Å². The van der Waals surface area contributed by atoms with Crippen LogP contribution in [-0.2, 0) is 9.53 Å². The number of carbonyl (C=O) groups excluding carboxylic acids is 1. The molecule has 0 aromatic heterocycles. The van der Waals surface area contributed by atoms with Gasteiger partial charge in [-0.15, -0.1) is 0 Å². The van der Waals surface area contributed by atoms with Gasteiger partial charge in [-0.2, -0.15) is 0 Å². The van der Waals surface area contributed by atoms with E-state index in [0.717, 1.165) is 5.92 Å². The van der Waals surface area contributed by atoms with E-state index in [2.05, 4.69) is 17.4 Å². The Balaban J connectivity index is 0. The summed E-state index contributed by atoms with van der Waals surface area (Å²) in [5.41, 5.74) is 3.83. The van der Waals surface area contributed by atoms with Crippen LogP contribution < -0.4 is 5.73 Å². The Bertz CT molecular complexity index is 183. The van der Waals surface area contributed by atoms with Gasteiger partial charge in [0.25, 0.3) is 0 Å². The maximum Gasteiger partial charge on any atom is 0.403 e. The van der Waals surface area contributed by atoms with E-state index in [1.165, 1.54) is 12.8 Å². The molecule has 1 fully saturated rings. The molecule has 0 aromatic rings. The molecule has 6 heteroatoms. The monoisotopic (exact) mass is 239 g/mol. The van der Waals surface area contributed by atoms with Crippen molar-refractivity contribution in [3.63, 3.8) is 0 Å². The number of carboxylic acids is 1. The minimum Gasteiger partial charge on any atom is -0.480 e. The zero-order valence-corrected chi connectivity index (χ0v) is 9.79. The largest absolute Gasteiger partial charge is 0.480 e. The van der Waals surface area contributed by atoms with Crippen LogP contribution in [0.1, 0.15) is 26.7 Å². The van der Waals surface area contributed by atoms with Gasteiger partial charge in [0.05, 0.1) is 13.2 Å². The molecule has 0 aromatic carbocycles. The Labute approximate surface area is 94.5 Å². The first-order valence-electron chi connectivity index (χ1n) is 4.68. The molecule has 0 radical (unpaired) electrons. The molecule has 0 atom stereocenters. The predicted octanol–water partition coefficient (Wildman–Crippen LogP) is 1.83. The number of carboxylic acid groups (broad SMARTS) is 1. The number of hydrogen-bond acceptors (Lipinski definition) is 4. The second-order valence-electron chi connectivity index (χ2n) is 2.95. The summed E-state index contributed by atoms with van der Waals surface area (Å²) >= 11 is 4.72. The number of carbonyl (C=O) groups is 2. The molecule has 1 aliphatic carbocycles. The summed E-state index contributed by atoms with van der Waals surface area (Å²) in [6.45, 7) is 4.04. The molecule has 15 heavy (non-hydrogen) atoms. The molecule has 0 unspecified atom stereocenters. The van der Waals surface area contributed by atoms with Crippen molar-refractivity contribution >= 4 is 23.0 Å². The fourth-order valence-electron chi connectivity index (χ4n) is 0.280. The van der Waals surface area contributed by atoms with E-state index >= 15 is 0 Å². The van der Waals surface area contributed by atoms with Crippen molar-refractivity contribution in [1.29, 1.82) is 0 Å². The van der Waals surface area contributed by atoms with E-state index in [4.69, 9.17) is 16.7 Å². The lowest BCUT2D eigenvalue weighted by molar-refractivity contribution is -0.135. The van der Waals surface area contributed by atoms with E-state index < -0.39 is 11.4 Å². The molecule has 0 spiro atoms. The second kappa shape index (κ2) is 11.3. The Morgan fingerprint density at radius 3 is 1.87 bits per heavy atom. The van der Waals surface area contributed by atoms with Gasteiger partial charge < -0.3 is 15.6 Å². The maximum absolute atomic E-state index is 9.59. The standard InChI is InChI=1S/C4H8.C3H5ClO2.C2H5NO2/c1-4-2-3-4;1-2-6-3(4)5;3-1-2(4)5/h4H,2-3H2,1H3;2H2,1H3;1,3H2,(H,4,5). The smallest absolute Gasteiger partial charge is 0.403 e. The van der Waals surface area contributed by atoms with Crippen LogP contribution in [0.3, 0.4) is 0 Å². The van der Waals surface area contributed by atoms with Gasteiger partial charge in [0.15, 0.2) is 0 Å². The minimum atomic E-state index is -0.968. The molecule has 1 rings (SSSR count). The lowest BCUT2D eigenvalue weighted by Gasteiger charge is -1.86.